The van der Waals surface area contributed by atoms with E-state index in [9.17, 15) is 9.65 Å². The Hall–Kier alpha value is -3.52. The van der Waals surface area contributed by atoms with Crippen molar-refractivity contribution in [3.05, 3.63) is 83.9 Å². The van der Waals surface area contributed by atoms with E-state index in [1.807, 2.05) is 6.07 Å². The number of aromatic nitrogens is 2. The number of benzene rings is 2. The molecule has 3 rings (SSSR count). The molecule has 0 saturated carbocycles. The largest absolute Gasteiger partial charge is 0.424 e. The van der Waals surface area contributed by atoms with Gasteiger partial charge in [0.2, 0.25) is 0 Å². The molecule has 24 heavy (non-hydrogen) atoms. The molecule has 1 aromatic heterocycles. The molecule has 0 aliphatic carbocycles. The first kappa shape index (κ1) is 15.4. The van der Waals surface area contributed by atoms with Gasteiger partial charge in [0.1, 0.15) is 11.6 Å². The van der Waals surface area contributed by atoms with Crippen molar-refractivity contribution in [2.45, 2.75) is 0 Å². The molecule has 0 N–H and O–H groups in total. The summed E-state index contributed by atoms with van der Waals surface area (Å²) < 4.78 is 19.4. The number of nitrogens with zero attached hydrogens (tertiary/aromatic N) is 3. The van der Waals surface area contributed by atoms with E-state index in [1.165, 1.54) is 6.07 Å². The van der Waals surface area contributed by atoms with Crippen molar-refractivity contribution in [1.82, 2.24) is 9.97 Å². The van der Waals surface area contributed by atoms with Crippen LogP contribution >= 0.6 is 0 Å². The summed E-state index contributed by atoms with van der Waals surface area (Å²) in [7, 11) is 0. The topological polar surface area (TPSA) is 58.8 Å². The minimum Gasteiger partial charge on any atom is -0.424 e. The second-order valence-electron chi connectivity index (χ2n) is 4.86. The zero-order valence-electron chi connectivity index (χ0n) is 12.6. The summed E-state index contributed by atoms with van der Waals surface area (Å²) in [5, 5.41) is 9.33. The third-order valence-electron chi connectivity index (χ3n) is 3.20. The third kappa shape index (κ3) is 3.62. The summed E-state index contributed by atoms with van der Waals surface area (Å²) in [6.07, 6.45) is 4.77. The minimum atomic E-state index is -0.435. The molecule has 0 radical (unpaired) electrons. The third-order valence-corrected chi connectivity index (χ3v) is 3.20. The highest BCUT2D eigenvalue weighted by Crippen LogP contribution is 2.24. The molecule has 4 nitrogen and oxygen atoms in total. The number of rotatable bonds is 4. The van der Waals surface area contributed by atoms with Gasteiger partial charge in [-0.1, -0.05) is 30.3 Å². The van der Waals surface area contributed by atoms with Crippen LogP contribution in [0.15, 0.2) is 67.0 Å². The van der Waals surface area contributed by atoms with E-state index < -0.39 is 5.82 Å². The summed E-state index contributed by atoms with van der Waals surface area (Å²) in [5.74, 6) is 0.0937. The maximum Gasteiger partial charge on any atom is 0.321 e. The quantitative estimate of drug-likeness (QED) is 0.526. The lowest BCUT2D eigenvalue weighted by atomic mass is 10.0. The molecule has 0 fully saturated rings. The molecule has 0 saturated heterocycles. The second-order valence-corrected chi connectivity index (χ2v) is 4.86. The lowest BCUT2D eigenvalue weighted by Gasteiger charge is -2.05. The Morgan fingerprint density at radius 3 is 2.58 bits per heavy atom. The zero-order valence-corrected chi connectivity index (χ0v) is 12.6. The summed E-state index contributed by atoms with van der Waals surface area (Å²) in [6, 6.07) is 17.2. The van der Waals surface area contributed by atoms with Crippen LogP contribution in [-0.2, 0) is 0 Å². The van der Waals surface area contributed by atoms with Gasteiger partial charge in [-0.25, -0.2) is 14.4 Å². The van der Waals surface area contributed by atoms with E-state index in [0.717, 1.165) is 0 Å². The molecule has 0 spiro atoms. The Bertz CT molecular complexity index is 917. The fourth-order valence-electron chi connectivity index (χ4n) is 2.13. The summed E-state index contributed by atoms with van der Waals surface area (Å²) in [5.41, 5.74) is 1.21. The lowest BCUT2D eigenvalue weighted by molar-refractivity contribution is 0.441. The summed E-state index contributed by atoms with van der Waals surface area (Å²) >= 11 is 0. The Morgan fingerprint density at radius 1 is 1.04 bits per heavy atom. The normalized spacial score (nSPS) is 10.9. The average molecular weight is 317 g/mol. The molecular weight excluding hydrogens is 305 g/mol. The first-order valence-electron chi connectivity index (χ1n) is 7.18. The highest BCUT2D eigenvalue weighted by molar-refractivity contribution is 5.89. The molecule has 116 valence electrons. The van der Waals surface area contributed by atoms with Crippen LogP contribution < -0.4 is 4.74 Å². The van der Waals surface area contributed by atoms with E-state index in [0.29, 0.717) is 11.3 Å². The molecule has 3 aromatic rings. The molecule has 0 aliphatic rings. The number of nitriles is 1. The lowest BCUT2D eigenvalue weighted by Crippen LogP contribution is -1.91. The smallest absolute Gasteiger partial charge is 0.321 e. The number of hydrogen-bond acceptors (Lipinski definition) is 4. The van der Waals surface area contributed by atoms with Crippen LogP contribution in [-0.4, -0.2) is 9.97 Å². The van der Waals surface area contributed by atoms with Crippen LogP contribution in [0.2, 0.25) is 0 Å². The van der Waals surface area contributed by atoms with Crippen LogP contribution in [0.25, 0.3) is 11.6 Å². The molecule has 1 heterocycles. The van der Waals surface area contributed by atoms with Gasteiger partial charge in [-0.2, -0.15) is 5.26 Å². The van der Waals surface area contributed by atoms with Gasteiger partial charge in [0.05, 0.1) is 11.6 Å². The van der Waals surface area contributed by atoms with Gasteiger partial charge in [-0.15, -0.1) is 0 Å². The summed E-state index contributed by atoms with van der Waals surface area (Å²) in [6.45, 7) is 0. The highest BCUT2D eigenvalue weighted by Gasteiger charge is 2.07. The first-order valence-corrected chi connectivity index (χ1v) is 7.18. The van der Waals surface area contributed by atoms with Crippen LogP contribution in [0, 0.1) is 17.1 Å². The average Bonchev–Trinajstić information content (AvgIpc) is 2.62. The van der Waals surface area contributed by atoms with Gasteiger partial charge in [0.25, 0.3) is 0 Å². The van der Waals surface area contributed by atoms with Crippen molar-refractivity contribution < 1.29 is 9.13 Å². The molecule has 0 atom stereocenters. The molecule has 0 unspecified atom stereocenters. The van der Waals surface area contributed by atoms with Crippen molar-refractivity contribution in [3.63, 3.8) is 0 Å². The number of ether oxygens (including phenoxy) is 1. The fraction of sp³-hybridized carbons (Fsp3) is 0. The molecular formula is C19H12FN3O. The number of halogens is 1. The van der Waals surface area contributed by atoms with E-state index >= 15 is 0 Å². The molecule has 5 heteroatoms. The highest BCUT2D eigenvalue weighted by atomic mass is 19.1. The maximum atomic E-state index is 13.9. The first-order chi connectivity index (χ1) is 11.8. The summed E-state index contributed by atoms with van der Waals surface area (Å²) in [4.78, 5) is 7.98. The standard InChI is InChI=1S/C19H12FN3O/c20-18-8-2-1-7-17(18)15(13-21)11-14-5-3-6-16(12-14)24-19-22-9-4-10-23-19/h1-12H/b15-11-. The Kier molecular flexibility index (Phi) is 4.59. The maximum absolute atomic E-state index is 13.9. The SMILES string of the molecule is N#C/C(=C/c1cccc(Oc2ncccn2)c1)c1ccccc1F. The van der Waals surface area contributed by atoms with Crippen molar-refractivity contribution >= 4 is 11.6 Å². The van der Waals surface area contributed by atoms with Crippen LogP contribution in [0.4, 0.5) is 4.39 Å². The van der Waals surface area contributed by atoms with E-state index in [1.54, 1.807) is 67.0 Å². The Labute approximate surface area is 138 Å². The molecule has 0 bridgehead atoms. The van der Waals surface area contributed by atoms with Crippen molar-refractivity contribution in [3.8, 4) is 17.8 Å². The van der Waals surface area contributed by atoms with Gasteiger partial charge in [0.15, 0.2) is 0 Å². The van der Waals surface area contributed by atoms with Crippen molar-refractivity contribution in [2.24, 2.45) is 0 Å². The molecule has 0 amide bonds. The molecule has 0 aliphatic heterocycles. The Morgan fingerprint density at radius 2 is 1.83 bits per heavy atom. The predicted molar refractivity (Wildman–Crippen MR) is 88.4 cm³/mol. The zero-order chi connectivity index (χ0) is 16.8. The van der Waals surface area contributed by atoms with Crippen LogP contribution in [0.5, 0.6) is 11.8 Å². The van der Waals surface area contributed by atoms with Gasteiger partial charge in [0, 0.05) is 18.0 Å². The van der Waals surface area contributed by atoms with Gasteiger partial charge in [-0.3, -0.25) is 0 Å². The van der Waals surface area contributed by atoms with Crippen LogP contribution in [0.3, 0.4) is 0 Å². The fourth-order valence-corrected chi connectivity index (χ4v) is 2.13. The van der Waals surface area contributed by atoms with Gasteiger partial charge >= 0.3 is 6.01 Å². The van der Waals surface area contributed by atoms with Gasteiger partial charge < -0.3 is 4.74 Å². The van der Waals surface area contributed by atoms with Gasteiger partial charge in [-0.05, 0) is 35.9 Å². The second kappa shape index (κ2) is 7.16. The van der Waals surface area contributed by atoms with Crippen molar-refractivity contribution in [2.75, 3.05) is 0 Å². The van der Waals surface area contributed by atoms with E-state index in [4.69, 9.17) is 4.74 Å². The molecule has 2 aromatic carbocycles. The monoisotopic (exact) mass is 317 g/mol. The Balaban J connectivity index is 1.91. The number of hydrogen-bond donors (Lipinski definition) is 0. The minimum absolute atomic E-state index is 0.230. The van der Waals surface area contributed by atoms with E-state index in [2.05, 4.69) is 9.97 Å². The predicted octanol–water partition coefficient (Wildman–Crippen LogP) is 4.47. The van der Waals surface area contributed by atoms with E-state index in [-0.39, 0.29) is 17.1 Å². The van der Waals surface area contributed by atoms with Crippen molar-refractivity contribution in [1.29, 1.82) is 5.26 Å². The number of allylic oxidation sites excluding steroid dienone is 1. The van der Waals surface area contributed by atoms with Crippen LogP contribution in [0.1, 0.15) is 11.1 Å².